The number of rotatable bonds is 6. The van der Waals surface area contributed by atoms with Crippen LogP contribution in [0.2, 0.25) is 0 Å². The molecule has 0 unspecified atom stereocenters. The minimum atomic E-state index is -0.180. The van der Waals surface area contributed by atoms with Gasteiger partial charge in [-0.1, -0.05) is 13.8 Å². The maximum atomic E-state index is 11.5. The van der Waals surface area contributed by atoms with E-state index in [-0.39, 0.29) is 17.1 Å². The number of hydrogen-bond acceptors (Lipinski definition) is 3. The monoisotopic (exact) mass is 232 g/mol. The summed E-state index contributed by atoms with van der Waals surface area (Å²) >= 11 is 1.34. The van der Waals surface area contributed by atoms with Gasteiger partial charge in [-0.15, -0.1) is 11.8 Å². The lowest BCUT2D eigenvalue weighted by molar-refractivity contribution is -0.120. The number of carbonyl (C=O) groups excluding carboxylic acids is 2. The fourth-order valence-electron chi connectivity index (χ4n) is 0.797. The molecule has 0 fully saturated rings. The molecule has 0 aliphatic heterocycles. The molecule has 0 saturated carbocycles. The van der Waals surface area contributed by atoms with Crippen LogP contribution in [0.4, 0.5) is 0 Å². The van der Waals surface area contributed by atoms with E-state index in [1.807, 2.05) is 20.8 Å². The van der Waals surface area contributed by atoms with Crippen LogP contribution >= 0.6 is 11.8 Å². The summed E-state index contributed by atoms with van der Waals surface area (Å²) in [7, 11) is 1.59. The zero-order valence-corrected chi connectivity index (χ0v) is 10.6. The lowest BCUT2D eigenvalue weighted by atomic mass is 10.2. The number of amides is 2. The maximum absolute atomic E-state index is 11.5. The Labute approximate surface area is 95.6 Å². The van der Waals surface area contributed by atoms with Crippen LogP contribution in [-0.2, 0) is 9.59 Å². The fraction of sp³-hybridized carbons (Fsp3) is 0.800. The molecule has 88 valence electrons. The highest BCUT2D eigenvalue weighted by Crippen LogP contribution is 2.09. The number of carbonyl (C=O) groups is 2. The van der Waals surface area contributed by atoms with E-state index in [1.54, 1.807) is 7.05 Å². The molecule has 0 saturated heterocycles. The van der Waals surface area contributed by atoms with Crippen molar-refractivity contribution in [1.29, 1.82) is 0 Å². The standard InChI is InChI=1S/C10H20N2O2S/c1-7(2)5-12-10(14)8(3)15-6-9(13)11-4/h7-8H,5-6H2,1-4H3,(H,11,13)(H,12,14)/t8-/m0/s1. The Balaban J connectivity index is 3.74. The first-order chi connectivity index (χ1) is 6.97. The lowest BCUT2D eigenvalue weighted by Crippen LogP contribution is -2.34. The topological polar surface area (TPSA) is 58.2 Å². The van der Waals surface area contributed by atoms with Crippen LogP contribution < -0.4 is 10.6 Å². The first-order valence-electron chi connectivity index (χ1n) is 5.07. The van der Waals surface area contributed by atoms with E-state index >= 15 is 0 Å². The molecule has 2 amide bonds. The highest BCUT2D eigenvalue weighted by Gasteiger charge is 2.14. The molecular weight excluding hydrogens is 212 g/mol. The first kappa shape index (κ1) is 14.3. The summed E-state index contributed by atoms with van der Waals surface area (Å²) in [5, 5.41) is 5.17. The second-order valence-corrected chi connectivity index (χ2v) is 5.09. The molecule has 5 heteroatoms. The van der Waals surface area contributed by atoms with Gasteiger partial charge in [0.25, 0.3) is 0 Å². The second-order valence-electron chi connectivity index (χ2n) is 3.77. The average Bonchev–Trinajstić information content (AvgIpc) is 2.21. The molecule has 0 bridgehead atoms. The van der Waals surface area contributed by atoms with Crippen LogP contribution in [0, 0.1) is 5.92 Å². The van der Waals surface area contributed by atoms with E-state index < -0.39 is 0 Å². The van der Waals surface area contributed by atoms with Crippen LogP contribution in [0.5, 0.6) is 0 Å². The zero-order valence-electron chi connectivity index (χ0n) is 9.79. The molecule has 0 aromatic rings. The highest BCUT2D eigenvalue weighted by atomic mass is 32.2. The maximum Gasteiger partial charge on any atom is 0.232 e. The molecule has 0 heterocycles. The highest BCUT2D eigenvalue weighted by molar-refractivity contribution is 8.01. The van der Waals surface area contributed by atoms with Gasteiger partial charge in [-0.25, -0.2) is 0 Å². The number of hydrogen-bond donors (Lipinski definition) is 2. The van der Waals surface area contributed by atoms with Gasteiger partial charge in [-0.3, -0.25) is 9.59 Å². The Bertz CT molecular complexity index is 219. The summed E-state index contributed by atoms with van der Waals surface area (Å²) in [6.45, 7) is 6.58. The summed E-state index contributed by atoms with van der Waals surface area (Å²) in [6.07, 6.45) is 0. The molecule has 15 heavy (non-hydrogen) atoms. The molecule has 0 aliphatic carbocycles. The number of nitrogens with one attached hydrogen (secondary N) is 2. The molecule has 4 nitrogen and oxygen atoms in total. The van der Waals surface area contributed by atoms with Crippen molar-refractivity contribution in [2.45, 2.75) is 26.0 Å². The predicted molar refractivity (Wildman–Crippen MR) is 63.8 cm³/mol. The van der Waals surface area contributed by atoms with Crippen LogP contribution in [-0.4, -0.2) is 36.4 Å². The average molecular weight is 232 g/mol. The number of thioether (sulfide) groups is 1. The van der Waals surface area contributed by atoms with Gasteiger partial charge >= 0.3 is 0 Å². The Hall–Kier alpha value is -0.710. The third-order valence-corrected chi connectivity index (χ3v) is 2.94. The van der Waals surface area contributed by atoms with Crippen LogP contribution in [0.25, 0.3) is 0 Å². The Morgan fingerprint density at radius 1 is 1.27 bits per heavy atom. The van der Waals surface area contributed by atoms with Gasteiger partial charge in [0.1, 0.15) is 0 Å². The smallest absolute Gasteiger partial charge is 0.232 e. The minimum absolute atomic E-state index is 0.00222. The van der Waals surface area contributed by atoms with Gasteiger partial charge in [-0.2, -0.15) is 0 Å². The van der Waals surface area contributed by atoms with Crippen LogP contribution in [0.1, 0.15) is 20.8 Å². The molecule has 0 rings (SSSR count). The van der Waals surface area contributed by atoms with Crippen molar-refractivity contribution in [2.24, 2.45) is 5.92 Å². The van der Waals surface area contributed by atoms with E-state index in [0.29, 0.717) is 18.2 Å². The Morgan fingerprint density at radius 3 is 2.33 bits per heavy atom. The minimum Gasteiger partial charge on any atom is -0.358 e. The summed E-state index contributed by atoms with van der Waals surface area (Å²) in [5.74, 6) is 0.721. The summed E-state index contributed by atoms with van der Waals surface area (Å²) in [5.41, 5.74) is 0. The molecule has 0 aromatic heterocycles. The fourth-order valence-corrected chi connectivity index (χ4v) is 1.58. The van der Waals surface area contributed by atoms with Gasteiger partial charge < -0.3 is 10.6 Å². The quantitative estimate of drug-likeness (QED) is 0.706. The third-order valence-electron chi connectivity index (χ3n) is 1.80. The van der Waals surface area contributed by atoms with Crippen LogP contribution in [0.3, 0.4) is 0 Å². The van der Waals surface area contributed by atoms with E-state index in [0.717, 1.165) is 0 Å². The molecule has 1 atom stereocenters. The van der Waals surface area contributed by atoms with Crippen molar-refractivity contribution in [1.82, 2.24) is 10.6 Å². The van der Waals surface area contributed by atoms with Crippen molar-refractivity contribution in [2.75, 3.05) is 19.3 Å². The SMILES string of the molecule is CNC(=O)CS[C@@H](C)C(=O)NCC(C)C. The van der Waals surface area contributed by atoms with Crippen molar-refractivity contribution < 1.29 is 9.59 Å². The van der Waals surface area contributed by atoms with Crippen molar-refractivity contribution >= 4 is 23.6 Å². The van der Waals surface area contributed by atoms with Gasteiger partial charge in [0.15, 0.2) is 0 Å². The van der Waals surface area contributed by atoms with Crippen molar-refractivity contribution in [3.8, 4) is 0 Å². The molecular formula is C10H20N2O2S. The summed E-state index contributed by atoms with van der Waals surface area (Å²) < 4.78 is 0. The third kappa shape index (κ3) is 7.25. The lowest BCUT2D eigenvalue weighted by Gasteiger charge is -2.12. The van der Waals surface area contributed by atoms with E-state index in [2.05, 4.69) is 10.6 Å². The molecule has 0 aromatic carbocycles. The van der Waals surface area contributed by atoms with E-state index in [1.165, 1.54) is 11.8 Å². The van der Waals surface area contributed by atoms with Crippen molar-refractivity contribution in [3.63, 3.8) is 0 Å². The van der Waals surface area contributed by atoms with Gasteiger partial charge in [0.05, 0.1) is 11.0 Å². The van der Waals surface area contributed by atoms with E-state index in [4.69, 9.17) is 0 Å². The van der Waals surface area contributed by atoms with Gasteiger partial charge in [-0.05, 0) is 12.8 Å². The summed E-state index contributed by atoms with van der Waals surface area (Å²) in [6, 6.07) is 0. The predicted octanol–water partition coefficient (Wildman–Crippen LogP) is 0.626. The Kier molecular flexibility index (Phi) is 7.21. The van der Waals surface area contributed by atoms with Gasteiger partial charge in [0, 0.05) is 13.6 Å². The Morgan fingerprint density at radius 2 is 1.87 bits per heavy atom. The van der Waals surface area contributed by atoms with Crippen LogP contribution in [0.15, 0.2) is 0 Å². The molecule has 0 radical (unpaired) electrons. The molecule has 0 spiro atoms. The van der Waals surface area contributed by atoms with Crippen molar-refractivity contribution in [3.05, 3.63) is 0 Å². The first-order valence-corrected chi connectivity index (χ1v) is 6.12. The second kappa shape index (κ2) is 7.56. The summed E-state index contributed by atoms with van der Waals surface area (Å²) in [4.78, 5) is 22.4. The molecule has 0 aliphatic rings. The van der Waals surface area contributed by atoms with E-state index in [9.17, 15) is 9.59 Å². The zero-order chi connectivity index (χ0) is 11.8. The van der Waals surface area contributed by atoms with Gasteiger partial charge in [0.2, 0.25) is 11.8 Å². The molecule has 2 N–H and O–H groups in total. The normalized spacial score (nSPS) is 12.3. The largest absolute Gasteiger partial charge is 0.358 e.